The highest BCUT2D eigenvalue weighted by molar-refractivity contribution is 7.12. The van der Waals surface area contributed by atoms with Gasteiger partial charge >= 0.3 is 0 Å². The molecule has 0 unspecified atom stereocenters. The van der Waals surface area contributed by atoms with Gasteiger partial charge in [-0.05, 0) is 41.5 Å². The lowest BCUT2D eigenvalue weighted by atomic mass is 9.82. The number of likely N-dealkylation sites (tertiary alicyclic amines) is 1. The SMILES string of the molecule is C[NH+](C)Cc1ccccc1-c1ccc2n(c1=O)C[C@H]1C[C@@H]2CN(C(=O)c2cccs2)C1. The molecule has 0 aliphatic carbocycles. The van der Waals surface area contributed by atoms with E-state index in [2.05, 4.69) is 32.3 Å². The Morgan fingerprint density at radius 1 is 1.03 bits per heavy atom. The van der Waals surface area contributed by atoms with Crippen LogP contribution < -0.4 is 10.5 Å². The first kappa shape index (κ1) is 20.2. The average molecular weight is 435 g/mol. The first-order valence-corrected chi connectivity index (χ1v) is 11.8. The normalized spacial score (nSPS) is 20.0. The van der Waals surface area contributed by atoms with Crippen LogP contribution in [0.5, 0.6) is 0 Å². The summed E-state index contributed by atoms with van der Waals surface area (Å²) in [5.41, 5.74) is 4.20. The molecule has 2 aliphatic heterocycles. The maximum Gasteiger partial charge on any atom is 0.263 e. The molecular weight excluding hydrogens is 406 g/mol. The Hall–Kier alpha value is -2.70. The highest BCUT2D eigenvalue weighted by Crippen LogP contribution is 2.36. The van der Waals surface area contributed by atoms with E-state index in [1.165, 1.54) is 21.8 Å². The number of nitrogens with one attached hydrogen (secondary N) is 1. The topological polar surface area (TPSA) is 46.8 Å². The molecule has 3 aromatic rings. The van der Waals surface area contributed by atoms with Crippen molar-refractivity contribution in [2.24, 2.45) is 5.92 Å². The molecule has 31 heavy (non-hydrogen) atoms. The minimum absolute atomic E-state index is 0.103. The number of thiophene rings is 1. The van der Waals surface area contributed by atoms with Gasteiger partial charge < -0.3 is 14.4 Å². The number of carbonyl (C=O) groups is 1. The molecule has 2 aromatic heterocycles. The fourth-order valence-electron chi connectivity index (χ4n) is 5.19. The molecule has 2 bridgehead atoms. The van der Waals surface area contributed by atoms with Crippen LogP contribution in [0, 0.1) is 5.92 Å². The highest BCUT2D eigenvalue weighted by Gasteiger charge is 2.37. The molecule has 4 heterocycles. The first-order chi connectivity index (χ1) is 15.0. The van der Waals surface area contributed by atoms with Gasteiger partial charge in [-0.25, -0.2) is 0 Å². The van der Waals surface area contributed by atoms with Crippen LogP contribution >= 0.6 is 11.3 Å². The van der Waals surface area contributed by atoms with E-state index >= 15 is 0 Å². The third-order valence-corrected chi connectivity index (χ3v) is 7.33. The van der Waals surface area contributed by atoms with Gasteiger partial charge in [0, 0.05) is 42.4 Å². The number of rotatable bonds is 4. The van der Waals surface area contributed by atoms with Crippen LogP contribution in [0.2, 0.25) is 0 Å². The second kappa shape index (κ2) is 8.09. The van der Waals surface area contributed by atoms with Crippen molar-refractivity contribution in [1.29, 1.82) is 0 Å². The van der Waals surface area contributed by atoms with Gasteiger partial charge in [-0.3, -0.25) is 9.59 Å². The minimum Gasteiger partial charge on any atom is -0.337 e. The summed E-state index contributed by atoms with van der Waals surface area (Å²) in [5, 5.41) is 1.95. The van der Waals surface area contributed by atoms with Gasteiger partial charge in [0.25, 0.3) is 11.5 Å². The van der Waals surface area contributed by atoms with Crippen molar-refractivity contribution in [1.82, 2.24) is 9.47 Å². The van der Waals surface area contributed by atoms with Crippen LogP contribution in [0.4, 0.5) is 0 Å². The van der Waals surface area contributed by atoms with Crippen LogP contribution in [0.3, 0.4) is 0 Å². The van der Waals surface area contributed by atoms with Gasteiger partial charge in [-0.15, -0.1) is 11.3 Å². The second-order valence-electron chi connectivity index (χ2n) is 9.11. The number of piperidine rings is 1. The average Bonchev–Trinajstić information content (AvgIpc) is 3.29. The third-order valence-electron chi connectivity index (χ3n) is 6.47. The Morgan fingerprint density at radius 2 is 1.87 bits per heavy atom. The van der Waals surface area contributed by atoms with Crippen molar-refractivity contribution in [3.05, 3.63) is 80.4 Å². The molecule has 5 nitrogen and oxygen atoms in total. The lowest BCUT2D eigenvalue weighted by Gasteiger charge is -2.42. The lowest BCUT2D eigenvalue weighted by molar-refractivity contribution is -0.872. The Bertz CT molecular complexity index is 1170. The van der Waals surface area contributed by atoms with Crippen molar-refractivity contribution in [3.63, 3.8) is 0 Å². The van der Waals surface area contributed by atoms with Gasteiger partial charge in [0.15, 0.2) is 0 Å². The zero-order valence-corrected chi connectivity index (χ0v) is 18.8. The van der Waals surface area contributed by atoms with Crippen molar-refractivity contribution >= 4 is 17.2 Å². The predicted octanol–water partition coefficient (Wildman–Crippen LogP) is 2.48. The summed E-state index contributed by atoms with van der Waals surface area (Å²) in [6, 6.07) is 16.2. The maximum atomic E-state index is 13.6. The van der Waals surface area contributed by atoms with Crippen LogP contribution in [-0.2, 0) is 13.1 Å². The molecule has 2 aliphatic rings. The summed E-state index contributed by atoms with van der Waals surface area (Å²) >= 11 is 1.50. The van der Waals surface area contributed by atoms with Crippen molar-refractivity contribution in [2.45, 2.75) is 25.4 Å². The molecule has 1 amide bonds. The van der Waals surface area contributed by atoms with E-state index in [4.69, 9.17) is 0 Å². The van der Waals surface area contributed by atoms with Gasteiger partial charge in [-0.2, -0.15) is 0 Å². The molecule has 5 rings (SSSR count). The standard InChI is InChI=1S/C25H27N3O2S/c1-26(2)15-18-6-3-4-7-20(18)21-9-10-22-19-12-17(14-28(22)24(21)29)13-27(16-19)25(30)23-8-5-11-31-23/h3-11,17,19H,12-16H2,1-2H3/p+1/t17-,19+/m0/s1. The molecular formula is C25H28N3O2S+. The first-order valence-electron chi connectivity index (χ1n) is 10.9. The Labute approximate surface area is 186 Å². The molecule has 1 saturated heterocycles. The number of pyridine rings is 1. The predicted molar refractivity (Wildman–Crippen MR) is 124 cm³/mol. The number of hydrogen-bond acceptors (Lipinski definition) is 3. The van der Waals surface area contributed by atoms with Crippen molar-refractivity contribution in [2.75, 3.05) is 27.2 Å². The smallest absolute Gasteiger partial charge is 0.263 e. The lowest BCUT2D eigenvalue weighted by Crippen LogP contribution is -3.04. The summed E-state index contributed by atoms with van der Waals surface area (Å²) in [6.45, 7) is 2.98. The van der Waals surface area contributed by atoms with Gasteiger partial charge in [0.1, 0.15) is 6.54 Å². The molecule has 0 saturated carbocycles. The Morgan fingerprint density at radius 3 is 2.65 bits per heavy atom. The summed E-state index contributed by atoms with van der Waals surface area (Å²) in [7, 11) is 4.25. The molecule has 6 heteroatoms. The van der Waals surface area contributed by atoms with Gasteiger partial charge in [0.05, 0.1) is 19.0 Å². The molecule has 1 N–H and O–H groups in total. The fraction of sp³-hybridized carbons (Fsp3) is 0.360. The van der Waals surface area contributed by atoms with Gasteiger partial charge in [-0.1, -0.05) is 30.3 Å². The number of aromatic nitrogens is 1. The molecule has 1 aromatic carbocycles. The number of fused-ring (bicyclic) bond motifs is 4. The molecule has 160 valence electrons. The zero-order chi connectivity index (χ0) is 21.5. The summed E-state index contributed by atoms with van der Waals surface area (Å²) in [6.07, 6.45) is 1.05. The highest BCUT2D eigenvalue weighted by atomic mass is 32.1. The summed E-state index contributed by atoms with van der Waals surface area (Å²) in [5.74, 6) is 0.668. The van der Waals surface area contributed by atoms with Crippen LogP contribution in [0.1, 0.15) is 33.3 Å². The minimum atomic E-state index is 0.103. The van der Waals surface area contributed by atoms with Crippen LogP contribution in [0.15, 0.2) is 58.7 Å². The van der Waals surface area contributed by atoms with Crippen LogP contribution in [-0.4, -0.2) is 42.6 Å². The summed E-state index contributed by atoms with van der Waals surface area (Å²) < 4.78 is 1.99. The molecule has 0 radical (unpaired) electrons. The van der Waals surface area contributed by atoms with Crippen molar-refractivity contribution in [3.8, 4) is 11.1 Å². The Kier molecular flexibility index (Phi) is 5.28. The fourth-order valence-corrected chi connectivity index (χ4v) is 5.88. The van der Waals surface area contributed by atoms with Crippen LogP contribution in [0.25, 0.3) is 11.1 Å². The number of quaternary nitrogens is 1. The van der Waals surface area contributed by atoms with E-state index in [1.54, 1.807) is 0 Å². The van der Waals surface area contributed by atoms with Crippen molar-refractivity contribution < 1.29 is 9.69 Å². The summed E-state index contributed by atoms with van der Waals surface area (Å²) in [4.78, 5) is 30.6. The zero-order valence-electron chi connectivity index (χ0n) is 18.0. The van der Waals surface area contributed by atoms with E-state index in [0.717, 1.165) is 41.2 Å². The number of hydrogen-bond donors (Lipinski definition) is 1. The molecule has 2 atom stereocenters. The number of benzene rings is 1. The van der Waals surface area contributed by atoms with E-state index in [1.807, 2.05) is 45.2 Å². The number of amides is 1. The largest absolute Gasteiger partial charge is 0.337 e. The third kappa shape index (κ3) is 3.75. The maximum absolute atomic E-state index is 13.6. The van der Waals surface area contributed by atoms with E-state index in [9.17, 15) is 9.59 Å². The monoisotopic (exact) mass is 434 g/mol. The molecule has 1 fully saturated rings. The van der Waals surface area contributed by atoms with E-state index in [0.29, 0.717) is 19.0 Å². The van der Waals surface area contributed by atoms with Gasteiger partial charge in [0.2, 0.25) is 0 Å². The number of nitrogens with zero attached hydrogens (tertiary/aromatic N) is 2. The quantitative estimate of drug-likeness (QED) is 0.686. The second-order valence-corrected chi connectivity index (χ2v) is 10.1. The van der Waals surface area contributed by atoms with E-state index in [-0.39, 0.29) is 17.4 Å². The number of carbonyl (C=O) groups excluding carboxylic acids is 1. The Balaban J connectivity index is 1.48. The van der Waals surface area contributed by atoms with E-state index < -0.39 is 0 Å². The molecule has 0 spiro atoms.